The zero-order valence-corrected chi connectivity index (χ0v) is 16.6. The fourth-order valence-electron chi connectivity index (χ4n) is 2.72. The number of aromatic nitrogens is 1. The molecule has 0 atom stereocenters. The molecule has 150 valence electrons. The molecule has 0 bridgehead atoms. The van der Waals surface area contributed by atoms with Crippen LogP contribution in [-0.2, 0) is 16.1 Å². The van der Waals surface area contributed by atoms with Gasteiger partial charge in [0.05, 0.1) is 22.2 Å². The van der Waals surface area contributed by atoms with E-state index in [1.165, 1.54) is 30.6 Å². The number of carbonyl (C=O) groups is 2. The van der Waals surface area contributed by atoms with Crippen LogP contribution in [0.5, 0.6) is 11.5 Å². The summed E-state index contributed by atoms with van der Waals surface area (Å²) >= 11 is 1.93. The average molecular weight is 435 g/mol. The largest absolute Gasteiger partial charge is 0.486 e. The van der Waals surface area contributed by atoms with Crippen molar-refractivity contribution in [3.05, 3.63) is 44.1 Å². The Labute approximate surface area is 170 Å². The Kier molecular flexibility index (Phi) is 5.03. The van der Waals surface area contributed by atoms with Gasteiger partial charge in [-0.25, -0.2) is 0 Å². The zero-order valence-electron chi connectivity index (χ0n) is 14.9. The van der Waals surface area contributed by atoms with E-state index < -0.39 is 16.8 Å². The highest BCUT2D eigenvalue weighted by Crippen LogP contribution is 2.35. The fraction of sp³-hybridized carbons (Fsp3) is 0.235. The summed E-state index contributed by atoms with van der Waals surface area (Å²) in [5, 5.41) is 10.7. The van der Waals surface area contributed by atoms with Gasteiger partial charge in [-0.1, -0.05) is 22.7 Å². The number of carbonyl (C=O) groups excluding carboxylic acids is 2. The SMILES string of the molecule is COC(=O)Cn1c(=NC(=O)c2ccc([N+](=O)[O-])s2)sc2cc3c(cc21)OCCO3. The first-order chi connectivity index (χ1) is 14.0. The van der Waals surface area contributed by atoms with Gasteiger partial charge in [0.2, 0.25) is 0 Å². The first-order valence-electron chi connectivity index (χ1n) is 8.29. The summed E-state index contributed by atoms with van der Waals surface area (Å²) in [5.41, 5.74) is 0.633. The van der Waals surface area contributed by atoms with Crippen molar-refractivity contribution < 1.29 is 28.7 Å². The fourth-order valence-corrected chi connectivity index (χ4v) is 4.46. The molecular weight excluding hydrogens is 422 g/mol. The van der Waals surface area contributed by atoms with Crippen LogP contribution < -0.4 is 14.3 Å². The third kappa shape index (κ3) is 3.71. The van der Waals surface area contributed by atoms with Gasteiger partial charge < -0.3 is 18.8 Å². The maximum absolute atomic E-state index is 12.5. The van der Waals surface area contributed by atoms with Crippen LogP contribution in [0.3, 0.4) is 0 Å². The van der Waals surface area contributed by atoms with Crippen LogP contribution in [0.25, 0.3) is 10.2 Å². The lowest BCUT2D eigenvalue weighted by atomic mass is 10.2. The first-order valence-corrected chi connectivity index (χ1v) is 9.92. The summed E-state index contributed by atoms with van der Waals surface area (Å²) in [7, 11) is 1.27. The molecule has 29 heavy (non-hydrogen) atoms. The molecule has 0 N–H and O–H groups in total. The summed E-state index contributed by atoms with van der Waals surface area (Å²) < 4.78 is 18.2. The third-order valence-electron chi connectivity index (χ3n) is 4.04. The number of fused-ring (bicyclic) bond motifs is 2. The van der Waals surface area contributed by atoms with Crippen LogP contribution in [0.1, 0.15) is 9.67 Å². The van der Waals surface area contributed by atoms with Crippen LogP contribution in [0.2, 0.25) is 0 Å². The van der Waals surface area contributed by atoms with Gasteiger partial charge in [-0.3, -0.25) is 19.7 Å². The molecule has 0 fully saturated rings. The molecule has 0 unspecified atom stereocenters. The predicted molar refractivity (Wildman–Crippen MR) is 104 cm³/mol. The van der Waals surface area contributed by atoms with Crippen molar-refractivity contribution in [3.8, 4) is 11.5 Å². The second-order valence-corrected chi connectivity index (χ2v) is 7.89. The zero-order chi connectivity index (χ0) is 20.5. The highest BCUT2D eigenvalue weighted by Gasteiger charge is 2.19. The number of thiophene rings is 1. The number of amides is 1. The predicted octanol–water partition coefficient (Wildman–Crippen LogP) is 2.36. The number of benzene rings is 1. The topological polar surface area (TPSA) is 122 Å². The van der Waals surface area contributed by atoms with E-state index >= 15 is 0 Å². The highest BCUT2D eigenvalue weighted by molar-refractivity contribution is 7.17. The molecule has 3 heterocycles. The molecule has 1 aliphatic heterocycles. The molecule has 3 aromatic rings. The second-order valence-electron chi connectivity index (χ2n) is 5.82. The van der Waals surface area contributed by atoms with E-state index in [1.54, 1.807) is 16.7 Å². The number of hydrogen-bond acceptors (Lipinski definition) is 9. The van der Waals surface area contributed by atoms with E-state index in [0.717, 1.165) is 16.0 Å². The lowest BCUT2D eigenvalue weighted by Gasteiger charge is -2.18. The van der Waals surface area contributed by atoms with Crippen molar-refractivity contribution in [2.75, 3.05) is 20.3 Å². The molecule has 1 aliphatic rings. The van der Waals surface area contributed by atoms with Crippen molar-refractivity contribution in [1.29, 1.82) is 0 Å². The second kappa shape index (κ2) is 7.64. The molecular formula is C17H13N3O7S2. The number of esters is 1. The normalized spacial score (nSPS) is 13.5. The molecule has 0 saturated heterocycles. The van der Waals surface area contributed by atoms with Crippen LogP contribution in [0, 0.1) is 10.1 Å². The van der Waals surface area contributed by atoms with Gasteiger partial charge in [0.25, 0.3) is 5.91 Å². The van der Waals surface area contributed by atoms with Crippen LogP contribution >= 0.6 is 22.7 Å². The quantitative estimate of drug-likeness (QED) is 0.350. The highest BCUT2D eigenvalue weighted by atomic mass is 32.1. The van der Waals surface area contributed by atoms with E-state index in [1.807, 2.05) is 0 Å². The van der Waals surface area contributed by atoms with Gasteiger partial charge in [-0.15, -0.1) is 0 Å². The minimum absolute atomic E-state index is 0.129. The van der Waals surface area contributed by atoms with Gasteiger partial charge >= 0.3 is 11.0 Å². The molecule has 10 nitrogen and oxygen atoms in total. The number of methoxy groups -OCH3 is 1. The summed E-state index contributed by atoms with van der Waals surface area (Å²) in [6.45, 7) is 0.679. The van der Waals surface area contributed by atoms with Gasteiger partial charge in [0.1, 0.15) is 24.6 Å². The maximum Gasteiger partial charge on any atom is 0.325 e. The Morgan fingerprint density at radius 2 is 1.97 bits per heavy atom. The molecule has 1 aromatic carbocycles. The lowest BCUT2D eigenvalue weighted by molar-refractivity contribution is -0.380. The van der Waals surface area contributed by atoms with E-state index in [2.05, 4.69) is 4.99 Å². The van der Waals surface area contributed by atoms with Gasteiger partial charge in [-0.2, -0.15) is 4.99 Å². The van der Waals surface area contributed by atoms with Crippen molar-refractivity contribution >= 4 is 49.8 Å². The monoisotopic (exact) mass is 435 g/mol. The minimum Gasteiger partial charge on any atom is -0.486 e. The van der Waals surface area contributed by atoms with Crippen LogP contribution in [0.15, 0.2) is 29.3 Å². The van der Waals surface area contributed by atoms with E-state index in [0.29, 0.717) is 30.2 Å². The number of thiazole rings is 1. The van der Waals surface area contributed by atoms with E-state index in [-0.39, 0.29) is 21.2 Å². The molecule has 0 aliphatic carbocycles. The summed E-state index contributed by atoms with van der Waals surface area (Å²) in [4.78, 5) is 39.2. The molecule has 0 spiro atoms. The molecule has 4 rings (SSSR count). The van der Waals surface area contributed by atoms with Crippen molar-refractivity contribution in [3.63, 3.8) is 0 Å². The van der Waals surface area contributed by atoms with E-state index in [9.17, 15) is 19.7 Å². The Morgan fingerprint density at radius 3 is 2.62 bits per heavy atom. The summed E-state index contributed by atoms with van der Waals surface area (Å²) in [6.07, 6.45) is 0. The Bertz CT molecular complexity index is 1210. The number of hydrogen-bond donors (Lipinski definition) is 0. The molecule has 1 amide bonds. The smallest absolute Gasteiger partial charge is 0.325 e. The molecule has 12 heteroatoms. The number of nitro groups is 1. The standard InChI is InChI=1S/C17H13N3O7S2/c1-25-15(21)8-19-9-6-10-11(27-5-4-26-10)7-13(9)29-17(19)18-16(22)12-2-3-14(28-12)20(23)24/h2-3,6-7H,4-5,8H2,1H3. The number of ether oxygens (including phenoxy) is 3. The molecule has 2 aromatic heterocycles. The summed E-state index contributed by atoms with van der Waals surface area (Å²) in [6, 6.07) is 6.10. The maximum atomic E-state index is 12.5. The Hall–Kier alpha value is -3.25. The van der Waals surface area contributed by atoms with Gasteiger partial charge in [0.15, 0.2) is 16.3 Å². The average Bonchev–Trinajstić information content (AvgIpc) is 3.32. The van der Waals surface area contributed by atoms with Crippen LogP contribution in [-0.4, -0.2) is 41.7 Å². The Morgan fingerprint density at radius 1 is 1.24 bits per heavy atom. The van der Waals surface area contributed by atoms with Gasteiger partial charge in [0, 0.05) is 18.2 Å². The van der Waals surface area contributed by atoms with Crippen LogP contribution in [0.4, 0.5) is 5.00 Å². The minimum atomic E-state index is -0.634. The van der Waals surface area contributed by atoms with Crippen molar-refractivity contribution in [1.82, 2.24) is 4.57 Å². The number of rotatable bonds is 4. The lowest BCUT2D eigenvalue weighted by Crippen LogP contribution is -2.22. The van der Waals surface area contributed by atoms with Crippen molar-refractivity contribution in [2.45, 2.75) is 6.54 Å². The third-order valence-corrected chi connectivity index (χ3v) is 6.11. The van der Waals surface area contributed by atoms with Crippen molar-refractivity contribution in [2.24, 2.45) is 4.99 Å². The summed E-state index contributed by atoms with van der Waals surface area (Å²) in [5.74, 6) is -0.0420. The van der Waals surface area contributed by atoms with E-state index in [4.69, 9.17) is 14.2 Å². The Balaban J connectivity index is 1.83. The van der Waals surface area contributed by atoms with Gasteiger partial charge in [-0.05, 0) is 6.07 Å². The first kappa shape index (κ1) is 19.1. The molecule has 0 radical (unpaired) electrons. The molecule has 0 saturated carbocycles. The number of nitrogens with zero attached hydrogens (tertiary/aromatic N) is 3.